The SMILES string of the molecule is O=C1C=C[C@@H]2[C@H](N=NN2[C@@H]2O[C@H](CO)[C@H](O)[C@@H]2O)N1Cc1ccccc1. The minimum atomic E-state index is -1.24. The van der Waals surface area contributed by atoms with Gasteiger partial charge in [-0.25, -0.2) is 5.01 Å². The summed E-state index contributed by atoms with van der Waals surface area (Å²) >= 11 is 0. The summed E-state index contributed by atoms with van der Waals surface area (Å²) in [6.45, 7) is -0.0315. The van der Waals surface area contributed by atoms with Crippen LogP contribution < -0.4 is 0 Å². The summed E-state index contributed by atoms with van der Waals surface area (Å²) in [7, 11) is 0. The van der Waals surface area contributed by atoms with Crippen molar-refractivity contribution in [1.82, 2.24) is 9.91 Å². The van der Waals surface area contributed by atoms with Gasteiger partial charge in [0.1, 0.15) is 24.4 Å². The monoisotopic (exact) mass is 360 g/mol. The fourth-order valence-electron chi connectivity index (χ4n) is 3.49. The first-order valence-electron chi connectivity index (χ1n) is 8.44. The number of aliphatic hydroxyl groups is 3. The van der Waals surface area contributed by atoms with E-state index in [1.54, 1.807) is 11.0 Å². The average molecular weight is 360 g/mol. The third-order valence-corrected chi connectivity index (χ3v) is 4.90. The maximum Gasteiger partial charge on any atom is 0.248 e. The zero-order chi connectivity index (χ0) is 18.3. The lowest BCUT2D eigenvalue weighted by Crippen LogP contribution is -2.53. The van der Waals surface area contributed by atoms with E-state index in [1.807, 2.05) is 30.3 Å². The molecule has 26 heavy (non-hydrogen) atoms. The second-order valence-corrected chi connectivity index (χ2v) is 6.53. The van der Waals surface area contributed by atoms with Crippen molar-refractivity contribution >= 4 is 5.91 Å². The molecule has 3 heterocycles. The number of ether oxygens (including phenoxy) is 1. The molecule has 1 aromatic carbocycles. The molecule has 4 rings (SSSR count). The minimum absolute atomic E-state index is 0.169. The summed E-state index contributed by atoms with van der Waals surface area (Å²) in [6.07, 6.45) is -1.71. The van der Waals surface area contributed by atoms with Crippen molar-refractivity contribution in [2.45, 2.75) is 43.3 Å². The first-order valence-corrected chi connectivity index (χ1v) is 8.44. The Morgan fingerprint density at radius 1 is 1.15 bits per heavy atom. The van der Waals surface area contributed by atoms with Crippen LogP contribution >= 0.6 is 0 Å². The Kier molecular flexibility index (Phi) is 4.45. The lowest BCUT2D eigenvalue weighted by molar-refractivity contribution is -0.133. The van der Waals surface area contributed by atoms with Gasteiger partial charge >= 0.3 is 0 Å². The van der Waals surface area contributed by atoms with E-state index in [0.717, 1.165) is 5.56 Å². The second kappa shape index (κ2) is 6.76. The lowest BCUT2D eigenvalue weighted by atomic mass is 10.1. The molecule has 1 fully saturated rings. The zero-order valence-corrected chi connectivity index (χ0v) is 13.9. The van der Waals surface area contributed by atoms with Gasteiger partial charge in [0, 0.05) is 12.6 Å². The number of carbonyl (C=O) groups excluding carboxylic acids is 1. The molecule has 1 amide bonds. The molecule has 0 aliphatic carbocycles. The van der Waals surface area contributed by atoms with Gasteiger partial charge in [0.05, 0.1) is 6.61 Å². The Labute approximate surface area is 149 Å². The van der Waals surface area contributed by atoms with Crippen molar-refractivity contribution in [2.24, 2.45) is 10.3 Å². The molecule has 6 atom stereocenters. The third kappa shape index (κ3) is 2.78. The smallest absolute Gasteiger partial charge is 0.248 e. The lowest BCUT2D eigenvalue weighted by Gasteiger charge is -2.36. The van der Waals surface area contributed by atoms with Crippen LogP contribution in [0.15, 0.2) is 52.8 Å². The third-order valence-electron chi connectivity index (χ3n) is 4.90. The molecule has 0 radical (unpaired) electrons. The van der Waals surface area contributed by atoms with E-state index in [2.05, 4.69) is 10.3 Å². The highest BCUT2D eigenvalue weighted by Crippen LogP contribution is 2.33. The van der Waals surface area contributed by atoms with Crippen LogP contribution in [-0.4, -0.2) is 74.5 Å². The molecule has 3 aliphatic rings. The van der Waals surface area contributed by atoms with Crippen molar-refractivity contribution < 1.29 is 24.9 Å². The van der Waals surface area contributed by atoms with Crippen molar-refractivity contribution in [3.63, 3.8) is 0 Å². The van der Waals surface area contributed by atoms with E-state index in [0.29, 0.717) is 6.54 Å². The average Bonchev–Trinajstić information content (AvgIpc) is 3.20. The molecule has 9 heteroatoms. The number of carbonyl (C=O) groups is 1. The van der Waals surface area contributed by atoms with Crippen LogP contribution in [0.2, 0.25) is 0 Å². The number of hydrogen-bond acceptors (Lipinski definition) is 8. The molecule has 0 spiro atoms. The highest BCUT2D eigenvalue weighted by molar-refractivity contribution is 5.89. The minimum Gasteiger partial charge on any atom is -0.394 e. The summed E-state index contributed by atoms with van der Waals surface area (Å²) < 4.78 is 5.53. The molecule has 0 unspecified atom stereocenters. The van der Waals surface area contributed by atoms with Crippen LogP contribution in [0.4, 0.5) is 0 Å². The number of amides is 1. The molecule has 0 bridgehead atoms. The number of nitrogens with zero attached hydrogens (tertiary/aromatic N) is 4. The Hall–Kier alpha value is -2.33. The van der Waals surface area contributed by atoms with Gasteiger partial charge in [-0.1, -0.05) is 41.6 Å². The molecule has 3 aliphatic heterocycles. The highest BCUT2D eigenvalue weighted by Gasteiger charge is 2.51. The number of rotatable bonds is 4. The van der Waals surface area contributed by atoms with Crippen molar-refractivity contribution in [3.05, 3.63) is 48.0 Å². The van der Waals surface area contributed by atoms with Gasteiger partial charge in [-0.15, -0.1) is 5.11 Å². The fourth-order valence-corrected chi connectivity index (χ4v) is 3.49. The Morgan fingerprint density at radius 2 is 1.92 bits per heavy atom. The van der Waals surface area contributed by atoms with Gasteiger partial charge in [0.2, 0.25) is 5.91 Å². The second-order valence-electron chi connectivity index (χ2n) is 6.53. The number of hydrogen-bond donors (Lipinski definition) is 3. The molecule has 1 saturated heterocycles. The molecule has 9 nitrogen and oxygen atoms in total. The van der Waals surface area contributed by atoms with Crippen LogP contribution in [0.5, 0.6) is 0 Å². The van der Waals surface area contributed by atoms with E-state index in [-0.39, 0.29) is 5.91 Å². The highest BCUT2D eigenvalue weighted by atomic mass is 16.6. The van der Waals surface area contributed by atoms with Gasteiger partial charge in [-0.3, -0.25) is 4.79 Å². The largest absolute Gasteiger partial charge is 0.394 e. The molecule has 0 saturated carbocycles. The van der Waals surface area contributed by atoms with Gasteiger partial charge in [0.15, 0.2) is 12.4 Å². The molecule has 3 N–H and O–H groups in total. The summed E-state index contributed by atoms with van der Waals surface area (Å²) in [6, 6.07) is 9.15. The fraction of sp³-hybridized carbons (Fsp3) is 0.471. The Bertz CT molecular complexity index is 727. The summed E-state index contributed by atoms with van der Waals surface area (Å²) in [5, 5.41) is 39.1. The maximum absolute atomic E-state index is 12.3. The summed E-state index contributed by atoms with van der Waals surface area (Å²) in [5.41, 5.74) is 0.969. The standard InChI is InChI=1S/C17H20N4O5/c22-9-12-14(24)15(25)17(26-12)21-11-6-7-13(23)20(16(11)18-19-21)8-10-4-2-1-3-5-10/h1-7,11-12,14-17,22,24-25H,8-9H2/t11-,12-,14+,15+,16-,17-/m1/s1. The quantitative estimate of drug-likeness (QED) is 0.660. The predicted octanol–water partition coefficient (Wildman–Crippen LogP) is -0.599. The Morgan fingerprint density at radius 3 is 2.62 bits per heavy atom. The van der Waals surface area contributed by atoms with Crippen molar-refractivity contribution in [3.8, 4) is 0 Å². The molecular weight excluding hydrogens is 340 g/mol. The van der Waals surface area contributed by atoms with E-state index in [9.17, 15) is 20.1 Å². The van der Waals surface area contributed by atoms with Crippen molar-refractivity contribution in [1.29, 1.82) is 0 Å². The summed E-state index contributed by atoms with van der Waals surface area (Å²) in [5.74, 6) is -0.169. The number of fused-ring (bicyclic) bond motifs is 1. The van der Waals surface area contributed by atoms with Gasteiger partial charge < -0.3 is 25.0 Å². The Balaban J connectivity index is 1.54. The summed E-state index contributed by atoms with van der Waals surface area (Å²) in [4.78, 5) is 14.0. The van der Waals surface area contributed by atoms with Crippen LogP contribution in [0.25, 0.3) is 0 Å². The van der Waals surface area contributed by atoms with E-state index in [4.69, 9.17) is 4.74 Å². The molecule has 138 valence electrons. The predicted molar refractivity (Wildman–Crippen MR) is 88.2 cm³/mol. The van der Waals surface area contributed by atoms with E-state index in [1.165, 1.54) is 11.1 Å². The van der Waals surface area contributed by atoms with Crippen LogP contribution in [0.1, 0.15) is 5.56 Å². The van der Waals surface area contributed by atoms with Crippen LogP contribution in [0, 0.1) is 0 Å². The topological polar surface area (TPSA) is 118 Å². The van der Waals surface area contributed by atoms with Crippen LogP contribution in [0.3, 0.4) is 0 Å². The van der Waals surface area contributed by atoms with Crippen molar-refractivity contribution in [2.75, 3.05) is 6.61 Å². The molecular formula is C17H20N4O5. The van der Waals surface area contributed by atoms with Crippen LogP contribution in [-0.2, 0) is 16.1 Å². The first kappa shape index (κ1) is 17.1. The van der Waals surface area contributed by atoms with Gasteiger partial charge in [-0.05, 0) is 5.56 Å². The molecule has 1 aromatic rings. The first-order chi connectivity index (χ1) is 12.6. The van der Waals surface area contributed by atoms with E-state index >= 15 is 0 Å². The molecule has 0 aromatic heterocycles. The normalized spacial score (nSPS) is 36.0. The zero-order valence-electron chi connectivity index (χ0n) is 13.9. The van der Waals surface area contributed by atoms with Gasteiger partial charge in [0.25, 0.3) is 0 Å². The number of aliphatic hydroxyl groups excluding tert-OH is 3. The van der Waals surface area contributed by atoms with Gasteiger partial charge in [-0.2, -0.15) is 0 Å². The maximum atomic E-state index is 12.3. The van der Waals surface area contributed by atoms with E-state index < -0.39 is 43.4 Å². The number of benzene rings is 1.